The third-order valence-electron chi connectivity index (χ3n) is 4.78. The van der Waals surface area contributed by atoms with E-state index in [1.807, 2.05) is 53.4 Å². The third kappa shape index (κ3) is 3.67. The van der Waals surface area contributed by atoms with Crippen molar-refractivity contribution in [2.24, 2.45) is 0 Å². The average Bonchev–Trinajstić information content (AvgIpc) is 3.31. The van der Waals surface area contributed by atoms with Gasteiger partial charge in [-0.1, -0.05) is 53.7 Å². The number of carbonyl (C=O) groups is 1. The highest BCUT2D eigenvalue weighted by molar-refractivity contribution is 5.79. The van der Waals surface area contributed by atoms with E-state index in [0.717, 1.165) is 24.9 Å². The summed E-state index contributed by atoms with van der Waals surface area (Å²) in [5.74, 6) is 1.33. The Labute approximate surface area is 152 Å². The maximum atomic E-state index is 12.3. The number of benzene rings is 2. The van der Waals surface area contributed by atoms with Gasteiger partial charge in [-0.15, -0.1) is 0 Å². The zero-order chi connectivity index (χ0) is 17.8. The highest BCUT2D eigenvalue weighted by Crippen LogP contribution is 2.28. The molecule has 5 heteroatoms. The van der Waals surface area contributed by atoms with Gasteiger partial charge in [0.2, 0.25) is 5.91 Å². The van der Waals surface area contributed by atoms with E-state index in [-0.39, 0.29) is 11.8 Å². The number of hydrogen-bond acceptors (Lipinski definition) is 4. The Bertz CT molecular complexity index is 861. The van der Waals surface area contributed by atoms with E-state index in [2.05, 4.69) is 22.3 Å². The standard InChI is InChI=1S/C21H21N3O2/c25-19-14-18(15-24(19)13-7-10-16-8-3-1-4-9-16)20-22-21(26-23-20)17-11-5-2-6-12-17/h1-6,8-9,11-12,18H,7,10,13-15H2. The Balaban J connectivity index is 1.35. The number of aryl methyl sites for hydroxylation is 1. The van der Waals surface area contributed by atoms with Gasteiger partial charge in [0.1, 0.15) is 0 Å². The molecule has 3 aromatic rings. The van der Waals surface area contributed by atoms with Crippen LogP contribution in [0.4, 0.5) is 0 Å². The molecule has 1 aliphatic heterocycles. The van der Waals surface area contributed by atoms with Gasteiger partial charge in [-0.2, -0.15) is 4.98 Å². The molecule has 0 N–H and O–H groups in total. The van der Waals surface area contributed by atoms with Gasteiger partial charge in [0.25, 0.3) is 5.89 Å². The van der Waals surface area contributed by atoms with Gasteiger partial charge >= 0.3 is 0 Å². The molecule has 0 radical (unpaired) electrons. The van der Waals surface area contributed by atoms with E-state index in [1.165, 1.54) is 5.56 Å². The number of nitrogens with zero attached hydrogens (tertiary/aromatic N) is 3. The van der Waals surface area contributed by atoms with Gasteiger partial charge in [0.15, 0.2) is 5.82 Å². The molecule has 1 aromatic heterocycles. The van der Waals surface area contributed by atoms with Crippen LogP contribution in [0.15, 0.2) is 65.2 Å². The summed E-state index contributed by atoms with van der Waals surface area (Å²) in [4.78, 5) is 18.7. The molecule has 0 bridgehead atoms. The van der Waals surface area contributed by atoms with Gasteiger partial charge in [0, 0.05) is 31.0 Å². The van der Waals surface area contributed by atoms with E-state index >= 15 is 0 Å². The van der Waals surface area contributed by atoms with Crippen molar-refractivity contribution >= 4 is 5.91 Å². The lowest BCUT2D eigenvalue weighted by atomic mass is 10.1. The van der Waals surface area contributed by atoms with Crippen LogP contribution in [0.2, 0.25) is 0 Å². The van der Waals surface area contributed by atoms with Crippen molar-refractivity contribution in [3.8, 4) is 11.5 Å². The lowest BCUT2D eigenvalue weighted by Gasteiger charge is -2.15. The van der Waals surface area contributed by atoms with Crippen molar-refractivity contribution in [2.45, 2.75) is 25.2 Å². The second kappa shape index (κ2) is 7.52. The summed E-state index contributed by atoms with van der Waals surface area (Å²) in [6.45, 7) is 1.44. The van der Waals surface area contributed by atoms with E-state index in [9.17, 15) is 4.79 Å². The molecule has 132 valence electrons. The van der Waals surface area contributed by atoms with Crippen molar-refractivity contribution in [3.63, 3.8) is 0 Å². The molecule has 5 nitrogen and oxygen atoms in total. The average molecular weight is 347 g/mol. The molecular formula is C21H21N3O2. The van der Waals surface area contributed by atoms with Gasteiger partial charge in [-0.3, -0.25) is 4.79 Å². The van der Waals surface area contributed by atoms with Gasteiger partial charge in [-0.25, -0.2) is 0 Å². The summed E-state index contributed by atoms with van der Waals surface area (Å²) in [6.07, 6.45) is 2.40. The van der Waals surface area contributed by atoms with Crippen molar-refractivity contribution < 1.29 is 9.32 Å². The molecule has 26 heavy (non-hydrogen) atoms. The normalized spacial score (nSPS) is 17.0. The number of hydrogen-bond donors (Lipinski definition) is 0. The topological polar surface area (TPSA) is 59.2 Å². The molecule has 1 amide bonds. The van der Waals surface area contributed by atoms with Crippen molar-refractivity contribution in [1.29, 1.82) is 0 Å². The second-order valence-electron chi connectivity index (χ2n) is 6.65. The number of aromatic nitrogens is 2. The van der Waals surface area contributed by atoms with E-state index in [4.69, 9.17) is 4.52 Å². The lowest BCUT2D eigenvalue weighted by molar-refractivity contribution is -0.127. The second-order valence-corrected chi connectivity index (χ2v) is 6.65. The van der Waals surface area contributed by atoms with Gasteiger partial charge < -0.3 is 9.42 Å². The molecule has 1 atom stereocenters. The van der Waals surface area contributed by atoms with Crippen LogP contribution in [0.25, 0.3) is 11.5 Å². The number of likely N-dealkylation sites (tertiary alicyclic amines) is 1. The van der Waals surface area contributed by atoms with Crippen LogP contribution >= 0.6 is 0 Å². The van der Waals surface area contributed by atoms with Crippen molar-refractivity contribution in [1.82, 2.24) is 15.0 Å². The molecule has 0 saturated carbocycles. The van der Waals surface area contributed by atoms with Gasteiger partial charge in [-0.05, 0) is 30.5 Å². The van der Waals surface area contributed by atoms with Crippen LogP contribution in [-0.4, -0.2) is 34.0 Å². The third-order valence-corrected chi connectivity index (χ3v) is 4.78. The van der Waals surface area contributed by atoms with Crippen LogP contribution in [0.3, 0.4) is 0 Å². The molecule has 1 aliphatic rings. The minimum Gasteiger partial charge on any atom is -0.342 e. The first-order valence-corrected chi connectivity index (χ1v) is 9.00. The predicted octanol–water partition coefficient (Wildman–Crippen LogP) is 3.69. The summed E-state index contributed by atoms with van der Waals surface area (Å²) in [7, 11) is 0. The monoisotopic (exact) mass is 347 g/mol. The summed E-state index contributed by atoms with van der Waals surface area (Å²) in [5.41, 5.74) is 2.21. The fourth-order valence-electron chi connectivity index (χ4n) is 3.38. The van der Waals surface area contributed by atoms with E-state index < -0.39 is 0 Å². The van der Waals surface area contributed by atoms with Crippen LogP contribution in [0, 0.1) is 0 Å². The SMILES string of the molecule is O=C1CC(c2noc(-c3ccccc3)n2)CN1CCCc1ccccc1. The van der Waals surface area contributed by atoms with Crippen molar-refractivity contribution in [3.05, 3.63) is 72.1 Å². The first-order chi connectivity index (χ1) is 12.8. The first kappa shape index (κ1) is 16.5. The molecule has 1 fully saturated rings. The van der Waals surface area contributed by atoms with E-state index in [0.29, 0.717) is 24.7 Å². The van der Waals surface area contributed by atoms with E-state index in [1.54, 1.807) is 0 Å². The number of rotatable bonds is 6. The maximum Gasteiger partial charge on any atom is 0.257 e. The molecule has 2 heterocycles. The number of carbonyl (C=O) groups excluding carboxylic acids is 1. The van der Waals surface area contributed by atoms with Crippen molar-refractivity contribution in [2.75, 3.05) is 13.1 Å². The zero-order valence-electron chi connectivity index (χ0n) is 14.5. The predicted molar refractivity (Wildman–Crippen MR) is 98.4 cm³/mol. The Hall–Kier alpha value is -2.95. The van der Waals surface area contributed by atoms with Crippen LogP contribution in [0.1, 0.15) is 30.1 Å². The fraction of sp³-hybridized carbons (Fsp3) is 0.286. The van der Waals surface area contributed by atoms with Gasteiger partial charge in [0.05, 0.1) is 0 Å². The molecule has 1 saturated heterocycles. The fourth-order valence-corrected chi connectivity index (χ4v) is 3.38. The first-order valence-electron chi connectivity index (χ1n) is 9.00. The molecule has 1 unspecified atom stereocenters. The number of amides is 1. The highest BCUT2D eigenvalue weighted by Gasteiger charge is 2.33. The summed E-state index contributed by atoms with van der Waals surface area (Å²) >= 11 is 0. The Morgan fingerprint density at radius 3 is 2.54 bits per heavy atom. The quantitative estimate of drug-likeness (QED) is 0.682. The lowest BCUT2D eigenvalue weighted by Crippen LogP contribution is -2.26. The smallest absolute Gasteiger partial charge is 0.257 e. The Kier molecular flexibility index (Phi) is 4.78. The zero-order valence-corrected chi connectivity index (χ0v) is 14.5. The summed E-state index contributed by atoms with van der Waals surface area (Å²) in [6, 6.07) is 20.1. The largest absolute Gasteiger partial charge is 0.342 e. The molecule has 0 spiro atoms. The molecular weight excluding hydrogens is 326 g/mol. The molecule has 2 aromatic carbocycles. The minimum atomic E-state index is 0.0143. The Morgan fingerprint density at radius 2 is 1.77 bits per heavy atom. The minimum absolute atomic E-state index is 0.0143. The van der Waals surface area contributed by atoms with Crippen LogP contribution < -0.4 is 0 Å². The maximum absolute atomic E-state index is 12.3. The van der Waals surface area contributed by atoms with Crippen LogP contribution in [0.5, 0.6) is 0 Å². The summed E-state index contributed by atoms with van der Waals surface area (Å²) in [5, 5.41) is 4.11. The Morgan fingerprint density at radius 1 is 1.04 bits per heavy atom. The summed E-state index contributed by atoms with van der Waals surface area (Å²) < 4.78 is 5.38. The highest BCUT2D eigenvalue weighted by atomic mass is 16.5. The molecule has 4 rings (SSSR count). The molecule has 0 aliphatic carbocycles. The van der Waals surface area contributed by atoms with Crippen LogP contribution in [-0.2, 0) is 11.2 Å².